The van der Waals surface area contributed by atoms with E-state index in [2.05, 4.69) is 19.9 Å². The van der Waals surface area contributed by atoms with Gasteiger partial charge in [0.05, 0.1) is 29.4 Å². The third-order valence-electron chi connectivity index (χ3n) is 5.20. The van der Waals surface area contributed by atoms with Crippen LogP contribution in [0.3, 0.4) is 0 Å². The lowest BCUT2D eigenvalue weighted by molar-refractivity contribution is -0.274. The normalized spacial score (nSPS) is 11.2. The third-order valence-corrected chi connectivity index (χ3v) is 5.42. The monoisotopic (exact) mass is 538 g/mol. The van der Waals surface area contributed by atoms with Crippen LogP contribution in [0.2, 0.25) is 5.02 Å². The Balaban J connectivity index is 2.25. The number of ether oxygens (including phenoxy) is 1. The summed E-state index contributed by atoms with van der Waals surface area (Å²) in [5.41, 5.74) is 0.269. The van der Waals surface area contributed by atoms with Crippen LogP contribution < -0.4 is 9.64 Å². The molecule has 3 aromatic rings. The van der Waals surface area contributed by atoms with Crippen molar-refractivity contribution in [2.24, 2.45) is 5.18 Å². The minimum absolute atomic E-state index is 0.0138. The molecule has 2 aromatic heterocycles. The lowest BCUT2D eigenvalue weighted by Gasteiger charge is -2.20. The molecule has 0 aliphatic carbocycles. The van der Waals surface area contributed by atoms with E-state index in [1.54, 1.807) is 12.1 Å². The van der Waals surface area contributed by atoms with E-state index in [9.17, 15) is 27.7 Å². The quantitative estimate of drug-likeness (QED) is 0.204. The Kier molecular flexibility index (Phi) is 8.81. The fourth-order valence-electron chi connectivity index (χ4n) is 3.49. The molecule has 0 bridgehead atoms. The molecule has 10 nitrogen and oxygen atoms in total. The van der Waals surface area contributed by atoms with Crippen LogP contribution in [0.1, 0.15) is 22.6 Å². The Hall–Kier alpha value is -4.00. The first-order chi connectivity index (χ1) is 17.6. The molecule has 0 atom stereocenters. The van der Waals surface area contributed by atoms with Gasteiger partial charge in [0.15, 0.2) is 11.5 Å². The topological polar surface area (TPSA) is 110 Å². The number of amides is 2. The lowest BCUT2D eigenvalue weighted by Crippen LogP contribution is -2.32. The number of hydrogen-bond acceptors (Lipinski definition) is 7. The Morgan fingerprint density at radius 3 is 2.57 bits per heavy atom. The second kappa shape index (κ2) is 11.8. The molecular weight excluding hydrogens is 517 g/mol. The van der Waals surface area contributed by atoms with Gasteiger partial charge in [0, 0.05) is 26.8 Å². The number of nitrogens with zero attached hydrogens (tertiary/aromatic N) is 6. The predicted octanol–water partition coefficient (Wildman–Crippen LogP) is 4.37. The molecule has 0 spiro atoms. The van der Waals surface area contributed by atoms with Gasteiger partial charge in [-0.1, -0.05) is 28.9 Å². The number of alkyl halides is 3. The number of pyridine rings is 1. The Bertz CT molecular complexity index is 1270. The molecule has 196 valence electrons. The van der Waals surface area contributed by atoms with Gasteiger partial charge in [0.1, 0.15) is 11.6 Å². The van der Waals surface area contributed by atoms with Gasteiger partial charge >= 0.3 is 6.36 Å². The highest BCUT2D eigenvalue weighted by atomic mass is 35.5. The van der Waals surface area contributed by atoms with E-state index in [0.29, 0.717) is 17.1 Å². The first-order valence-electron chi connectivity index (χ1n) is 10.8. The van der Waals surface area contributed by atoms with Crippen LogP contribution in [0.25, 0.3) is 11.4 Å². The van der Waals surface area contributed by atoms with Gasteiger partial charge in [0.2, 0.25) is 6.41 Å². The molecule has 14 heteroatoms. The fraction of sp³-hybridized carbons (Fsp3) is 0.304. The number of hydrogen-bond donors (Lipinski definition) is 0. The van der Waals surface area contributed by atoms with E-state index >= 15 is 0 Å². The average molecular weight is 539 g/mol. The number of aromatic nitrogens is 3. The van der Waals surface area contributed by atoms with Crippen molar-refractivity contribution in [1.29, 1.82) is 0 Å². The SMILES string of the molecule is CN(CCCN=O)C(=O)c1c(N(C)C=O)nc(-c2ccccc2OC(F)(F)F)n1Cc1ccc(Cl)cn1. The van der Waals surface area contributed by atoms with Crippen LogP contribution in [-0.2, 0) is 11.3 Å². The molecule has 0 radical (unpaired) electrons. The van der Waals surface area contributed by atoms with Gasteiger partial charge in [0.25, 0.3) is 5.91 Å². The number of carbonyl (C=O) groups excluding carboxylic acids is 2. The van der Waals surface area contributed by atoms with Gasteiger partial charge in [-0.2, -0.15) is 4.91 Å². The average Bonchev–Trinajstić information content (AvgIpc) is 3.22. The molecule has 0 fully saturated rings. The highest BCUT2D eigenvalue weighted by Gasteiger charge is 2.34. The molecule has 0 saturated carbocycles. The van der Waals surface area contributed by atoms with E-state index in [-0.39, 0.29) is 49.0 Å². The lowest BCUT2D eigenvalue weighted by atomic mass is 10.2. The number of imidazole rings is 1. The Morgan fingerprint density at radius 1 is 1.22 bits per heavy atom. The first-order valence-corrected chi connectivity index (χ1v) is 11.2. The van der Waals surface area contributed by atoms with Crippen LogP contribution in [0.5, 0.6) is 5.75 Å². The molecular formula is C23H22ClF3N6O4. The summed E-state index contributed by atoms with van der Waals surface area (Å²) in [6, 6.07) is 8.47. The molecule has 1 aromatic carbocycles. The van der Waals surface area contributed by atoms with Gasteiger partial charge in [-0.05, 0) is 30.7 Å². The van der Waals surface area contributed by atoms with E-state index in [1.807, 2.05) is 0 Å². The fourth-order valence-corrected chi connectivity index (χ4v) is 3.60. The zero-order valence-corrected chi connectivity index (χ0v) is 20.5. The zero-order chi connectivity index (χ0) is 27.2. The van der Waals surface area contributed by atoms with Crippen molar-refractivity contribution in [3.63, 3.8) is 0 Å². The maximum absolute atomic E-state index is 13.6. The van der Waals surface area contributed by atoms with Gasteiger partial charge in [-0.15, -0.1) is 13.2 Å². The minimum Gasteiger partial charge on any atom is -0.405 e. The summed E-state index contributed by atoms with van der Waals surface area (Å²) in [6.07, 6.45) is -2.90. The number of rotatable bonds is 11. The number of carbonyl (C=O) groups is 2. The number of anilines is 1. The number of halogens is 4. The van der Waals surface area contributed by atoms with Crippen LogP contribution in [0.15, 0.2) is 47.8 Å². The maximum Gasteiger partial charge on any atom is 0.573 e. The second-order valence-corrected chi connectivity index (χ2v) is 8.29. The maximum atomic E-state index is 13.6. The zero-order valence-electron chi connectivity index (χ0n) is 19.8. The summed E-state index contributed by atoms with van der Waals surface area (Å²) in [4.78, 5) is 46.7. The number of nitroso groups, excluding NO2 is 1. The minimum atomic E-state index is -4.99. The Morgan fingerprint density at radius 2 is 1.95 bits per heavy atom. The van der Waals surface area contributed by atoms with Crippen LogP contribution >= 0.6 is 11.6 Å². The first kappa shape index (κ1) is 27.6. The van der Waals surface area contributed by atoms with Crippen molar-refractivity contribution in [3.8, 4) is 17.1 Å². The van der Waals surface area contributed by atoms with Gasteiger partial charge < -0.3 is 19.1 Å². The molecule has 0 N–H and O–H groups in total. The highest BCUT2D eigenvalue weighted by molar-refractivity contribution is 6.30. The van der Waals surface area contributed by atoms with Gasteiger partial charge in [-0.3, -0.25) is 14.6 Å². The molecule has 0 saturated heterocycles. The van der Waals surface area contributed by atoms with E-state index in [0.717, 1.165) is 11.0 Å². The Labute approximate surface area is 214 Å². The number of benzene rings is 1. The van der Waals surface area contributed by atoms with E-state index in [1.165, 1.54) is 48.0 Å². The largest absolute Gasteiger partial charge is 0.573 e. The number of para-hydroxylation sites is 1. The van der Waals surface area contributed by atoms with Crippen molar-refractivity contribution in [2.45, 2.75) is 19.3 Å². The summed E-state index contributed by atoms with van der Waals surface area (Å²) in [5.74, 6) is -1.29. The smallest absolute Gasteiger partial charge is 0.405 e. The summed E-state index contributed by atoms with van der Waals surface area (Å²) >= 11 is 5.93. The molecule has 3 rings (SSSR count). The summed E-state index contributed by atoms with van der Waals surface area (Å²) < 4.78 is 45.0. The molecule has 37 heavy (non-hydrogen) atoms. The van der Waals surface area contributed by atoms with Gasteiger partial charge in [-0.25, -0.2) is 4.98 Å². The van der Waals surface area contributed by atoms with Crippen molar-refractivity contribution in [2.75, 3.05) is 32.1 Å². The predicted molar refractivity (Wildman–Crippen MR) is 129 cm³/mol. The summed E-state index contributed by atoms with van der Waals surface area (Å²) in [7, 11) is 2.84. The van der Waals surface area contributed by atoms with Crippen molar-refractivity contribution < 1.29 is 27.5 Å². The molecule has 2 heterocycles. The van der Waals surface area contributed by atoms with Crippen molar-refractivity contribution in [1.82, 2.24) is 19.4 Å². The standard InChI is InChI=1S/C23H22ClF3N6O4/c1-31(11-5-10-29-36)22(35)19-21(32(2)14-34)30-20(33(19)13-16-9-8-15(24)12-28-16)17-6-3-4-7-18(17)37-23(25,26)27/h3-4,6-9,12,14H,5,10-11,13H2,1-2H3. The van der Waals surface area contributed by atoms with Crippen LogP contribution in [-0.4, -0.2) is 65.3 Å². The summed E-state index contributed by atoms with van der Waals surface area (Å²) in [5, 5.41) is 3.14. The summed E-state index contributed by atoms with van der Waals surface area (Å²) in [6.45, 7) is 0.0414. The second-order valence-electron chi connectivity index (χ2n) is 7.85. The highest BCUT2D eigenvalue weighted by Crippen LogP contribution is 2.36. The van der Waals surface area contributed by atoms with Crippen molar-refractivity contribution >= 4 is 29.7 Å². The molecule has 0 aliphatic heterocycles. The van der Waals surface area contributed by atoms with E-state index in [4.69, 9.17) is 11.6 Å². The third kappa shape index (κ3) is 6.82. The molecule has 0 unspecified atom stereocenters. The van der Waals surface area contributed by atoms with E-state index < -0.39 is 18.0 Å². The molecule has 2 amide bonds. The van der Waals surface area contributed by atoms with Crippen LogP contribution in [0, 0.1) is 4.91 Å². The molecule has 0 aliphatic rings. The van der Waals surface area contributed by atoms with Crippen molar-refractivity contribution in [3.05, 3.63) is 63.9 Å². The van der Waals surface area contributed by atoms with Crippen LogP contribution in [0.4, 0.5) is 19.0 Å².